The number of unbranched alkanes of at least 4 members (excludes halogenated alkanes) is 1. The van der Waals surface area contributed by atoms with Gasteiger partial charge in [-0.05, 0) is 31.2 Å². The standard InChI is InChI=1S/C18H32N4O2/c1-4-5-9-20-18(19)21-15-16-7-6-8-17(14-16)24-13-11-22(2)10-12-23-3/h6-8,14H,4-5,9-13,15H2,1-3H3,(H3,19,20,21). The van der Waals surface area contributed by atoms with Crippen LogP contribution >= 0.6 is 0 Å². The molecule has 0 fully saturated rings. The number of nitrogens with one attached hydrogen (secondary N) is 1. The number of rotatable bonds is 12. The third-order valence-corrected chi connectivity index (χ3v) is 3.59. The highest BCUT2D eigenvalue weighted by molar-refractivity contribution is 5.77. The Morgan fingerprint density at radius 3 is 2.83 bits per heavy atom. The first-order valence-electron chi connectivity index (χ1n) is 8.58. The number of ether oxygens (including phenoxy) is 2. The number of nitrogens with two attached hydrogens (primary N) is 1. The molecular formula is C18H32N4O2. The summed E-state index contributed by atoms with van der Waals surface area (Å²) < 4.78 is 10.9. The highest BCUT2D eigenvalue weighted by Gasteiger charge is 2.00. The molecule has 1 aromatic rings. The minimum Gasteiger partial charge on any atom is -0.492 e. The van der Waals surface area contributed by atoms with E-state index >= 15 is 0 Å². The summed E-state index contributed by atoms with van der Waals surface area (Å²) in [5.41, 5.74) is 6.93. The predicted octanol–water partition coefficient (Wildman–Crippen LogP) is 1.85. The van der Waals surface area contributed by atoms with Crippen LogP contribution in [0.5, 0.6) is 5.75 Å². The van der Waals surface area contributed by atoms with Crippen molar-refractivity contribution in [3.63, 3.8) is 0 Å². The van der Waals surface area contributed by atoms with E-state index in [1.807, 2.05) is 24.3 Å². The molecule has 0 aromatic heterocycles. The Morgan fingerprint density at radius 2 is 2.08 bits per heavy atom. The monoisotopic (exact) mass is 336 g/mol. The van der Waals surface area contributed by atoms with Crippen LogP contribution in [0.15, 0.2) is 29.3 Å². The van der Waals surface area contributed by atoms with Crippen LogP contribution in [-0.4, -0.2) is 57.9 Å². The third kappa shape index (κ3) is 9.37. The molecule has 0 saturated heterocycles. The molecule has 0 amide bonds. The lowest BCUT2D eigenvalue weighted by molar-refractivity contribution is 0.150. The molecular weight excluding hydrogens is 304 g/mol. The van der Waals surface area contributed by atoms with E-state index in [-0.39, 0.29) is 0 Å². The van der Waals surface area contributed by atoms with E-state index in [0.29, 0.717) is 19.1 Å². The molecule has 1 rings (SSSR count). The first kappa shape index (κ1) is 20.3. The van der Waals surface area contributed by atoms with Gasteiger partial charge in [-0.15, -0.1) is 0 Å². The van der Waals surface area contributed by atoms with Crippen molar-refractivity contribution in [2.45, 2.75) is 26.3 Å². The molecule has 0 spiro atoms. The zero-order valence-corrected chi connectivity index (χ0v) is 15.3. The second-order valence-electron chi connectivity index (χ2n) is 5.77. The van der Waals surface area contributed by atoms with E-state index in [1.165, 1.54) is 0 Å². The summed E-state index contributed by atoms with van der Waals surface area (Å²) in [5.74, 6) is 1.36. The maximum Gasteiger partial charge on any atom is 0.188 e. The smallest absolute Gasteiger partial charge is 0.188 e. The van der Waals surface area contributed by atoms with E-state index in [1.54, 1.807) is 7.11 Å². The fourth-order valence-corrected chi connectivity index (χ4v) is 2.04. The van der Waals surface area contributed by atoms with E-state index < -0.39 is 0 Å². The van der Waals surface area contributed by atoms with Gasteiger partial charge in [0.1, 0.15) is 12.4 Å². The molecule has 0 bridgehead atoms. The number of guanidine groups is 1. The van der Waals surface area contributed by atoms with Gasteiger partial charge >= 0.3 is 0 Å². The Balaban J connectivity index is 2.36. The average Bonchev–Trinajstić information content (AvgIpc) is 2.59. The Kier molecular flexibility index (Phi) is 10.6. The minimum atomic E-state index is 0.495. The van der Waals surface area contributed by atoms with Gasteiger partial charge < -0.3 is 25.4 Å². The van der Waals surface area contributed by atoms with Gasteiger partial charge in [-0.1, -0.05) is 25.5 Å². The summed E-state index contributed by atoms with van der Waals surface area (Å²) in [7, 11) is 3.77. The van der Waals surface area contributed by atoms with Crippen molar-refractivity contribution in [2.24, 2.45) is 10.7 Å². The summed E-state index contributed by atoms with van der Waals surface area (Å²) in [4.78, 5) is 6.54. The van der Waals surface area contributed by atoms with Crippen molar-refractivity contribution in [1.29, 1.82) is 0 Å². The average molecular weight is 336 g/mol. The van der Waals surface area contributed by atoms with Crippen molar-refractivity contribution in [1.82, 2.24) is 10.2 Å². The second-order valence-corrected chi connectivity index (χ2v) is 5.77. The normalized spacial score (nSPS) is 11.8. The van der Waals surface area contributed by atoms with Gasteiger partial charge in [-0.3, -0.25) is 0 Å². The number of methoxy groups -OCH3 is 1. The van der Waals surface area contributed by atoms with Crippen LogP contribution in [0.2, 0.25) is 0 Å². The Morgan fingerprint density at radius 1 is 1.29 bits per heavy atom. The van der Waals surface area contributed by atoms with Crippen molar-refractivity contribution in [3.05, 3.63) is 29.8 Å². The van der Waals surface area contributed by atoms with E-state index in [0.717, 1.165) is 50.4 Å². The summed E-state index contributed by atoms with van der Waals surface area (Å²) in [6.45, 7) is 6.71. The van der Waals surface area contributed by atoms with Crippen LogP contribution in [0, 0.1) is 0 Å². The lowest BCUT2D eigenvalue weighted by Crippen LogP contribution is -2.32. The Bertz CT molecular complexity index is 480. The van der Waals surface area contributed by atoms with Gasteiger partial charge in [0.15, 0.2) is 5.96 Å². The van der Waals surface area contributed by atoms with E-state index in [9.17, 15) is 0 Å². The van der Waals surface area contributed by atoms with Gasteiger partial charge in [-0.25, -0.2) is 4.99 Å². The molecule has 0 atom stereocenters. The van der Waals surface area contributed by atoms with Crippen LogP contribution in [0.1, 0.15) is 25.3 Å². The molecule has 6 heteroatoms. The number of hydrogen-bond donors (Lipinski definition) is 2. The number of likely N-dealkylation sites (N-methyl/N-ethyl adjacent to an activating group) is 1. The molecule has 0 aliphatic rings. The number of hydrogen-bond acceptors (Lipinski definition) is 4. The number of nitrogens with zero attached hydrogens (tertiary/aromatic N) is 2. The first-order valence-corrected chi connectivity index (χ1v) is 8.58. The molecule has 0 saturated carbocycles. The fraction of sp³-hybridized carbons (Fsp3) is 0.611. The molecule has 0 aliphatic carbocycles. The Hall–Kier alpha value is -1.79. The van der Waals surface area contributed by atoms with Gasteiger partial charge in [0.2, 0.25) is 0 Å². The molecule has 24 heavy (non-hydrogen) atoms. The van der Waals surface area contributed by atoms with Crippen molar-refractivity contribution >= 4 is 5.96 Å². The fourth-order valence-electron chi connectivity index (χ4n) is 2.04. The summed E-state index contributed by atoms with van der Waals surface area (Å²) in [5, 5.41) is 3.11. The lowest BCUT2D eigenvalue weighted by Gasteiger charge is -2.16. The van der Waals surface area contributed by atoms with Crippen molar-refractivity contribution in [2.75, 3.05) is 47.0 Å². The summed E-state index contributed by atoms with van der Waals surface area (Å²) >= 11 is 0. The molecule has 136 valence electrons. The molecule has 1 aromatic carbocycles. The molecule has 3 N–H and O–H groups in total. The van der Waals surface area contributed by atoms with E-state index in [4.69, 9.17) is 15.2 Å². The topological polar surface area (TPSA) is 72.1 Å². The number of aliphatic imine (C=N–C) groups is 1. The largest absolute Gasteiger partial charge is 0.492 e. The quantitative estimate of drug-likeness (QED) is 0.346. The van der Waals surface area contributed by atoms with Crippen LogP contribution in [-0.2, 0) is 11.3 Å². The highest BCUT2D eigenvalue weighted by Crippen LogP contribution is 2.14. The van der Waals surface area contributed by atoms with Crippen LogP contribution in [0.3, 0.4) is 0 Å². The molecule has 6 nitrogen and oxygen atoms in total. The first-order chi connectivity index (χ1) is 11.7. The predicted molar refractivity (Wildman–Crippen MR) is 99.5 cm³/mol. The molecule has 0 heterocycles. The van der Waals surface area contributed by atoms with Crippen molar-refractivity contribution in [3.8, 4) is 5.75 Å². The zero-order chi connectivity index (χ0) is 17.6. The molecule has 0 aliphatic heterocycles. The Labute approximate surface area is 146 Å². The summed E-state index contributed by atoms with van der Waals surface area (Å²) in [6, 6.07) is 7.99. The second kappa shape index (κ2) is 12.6. The van der Waals surface area contributed by atoms with Gasteiger partial charge in [0, 0.05) is 26.7 Å². The van der Waals surface area contributed by atoms with Crippen LogP contribution < -0.4 is 15.8 Å². The van der Waals surface area contributed by atoms with Gasteiger partial charge in [-0.2, -0.15) is 0 Å². The maximum atomic E-state index is 5.85. The van der Waals surface area contributed by atoms with Gasteiger partial charge in [0.25, 0.3) is 0 Å². The number of benzene rings is 1. The minimum absolute atomic E-state index is 0.495. The SMILES string of the molecule is CCCCNC(N)=NCc1cccc(OCCN(C)CCOC)c1. The summed E-state index contributed by atoms with van der Waals surface area (Å²) in [6.07, 6.45) is 2.23. The zero-order valence-electron chi connectivity index (χ0n) is 15.3. The van der Waals surface area contributed by atoms with Crippen LogP contribution in [0.4, 0.5) is 0 Å². The van der Waals surface area contributed by atoms with Gasteiger partial charge in [0.05, 0.1) is 13.2 Å². The maximum absolute atomic E-state index is 5.85. The third-order valence-electron chi connectivity index (χ3n) is 3.59. The van der Waals surface area contributed by atoms with Crippen LogP contribution in [0.25, 0.3) is 0 Å². The molecule has 0 radical (unpaired) electrons. The van der Waals surface area contributed by atoms with Crippen molar-refractivity contribution < 1.29 is 9.47 Å². The molecule has 0 unspecified atom stereocenters. The lowest BCUT2D eigenvalue weighted by atomic mass is 10.2. The van der Waals surface area contributed by atoms with E-state index in [2.05, 4.69) is 29.2 Å². The highest BCUT2D eigenvalue weighted by atomic mass is 16.5.